The molecule has 3 rings (SSSR count). The number of benzene rings is 2. The van der Waals surface area contributed by atoms with Gasteiger partial charge in [-0.3, -0.25) is 9.59 Å². The molecule has 1 aliphatic rings. The lowest BCUT2D eigenvalue weighted by Gasteiger charge is -2.19. The van der Waals surface area contributed by atoms with Crippen molar-refractivity contribution in [3.8, 4) is 11.5 Å². The first-order valence-electron chi connectivity index (χ1n) is 8.15. The van der Waals surface area contributed by atoms with Crippen LogP contribution in [0.1, 0.15) is 34.6 Å². The third-order valence-corrected chi connectivity index (χ3v) is 3.61. The lowest BCUT2D eigenvalue weighted by atomic mass is 10.1. The highest BCUT2D eigenvalue weighted by molar-refractivity contribution is 6.06. The van der Waals surface area contributed by atoms with Crippen molar-refractivity contribution in [3.05, 3.63) is 53.6 Å². The molecule has 0 atom stereocenters. The Morgan fingerprint density at radius 2 is 1.60 bits per heavy atom. The number of carbonyl (C=O) groups is 2. The summed E-state index contributed by atoms with van der Waals surface area (Å²) in [5.74, 6) is 0.769. The van der Waals surface area contributed by atoms with Gasteiger partial charge in [0.2, 0.25) is 0 Å². The van der Waals surface area contributed by atoms with Gasteiger partial charge < -0.3 is 20.1 Å². The minimum Gasteiger partial charge on any atom is -0.486 e. The summed E-state index contributed by atoms with van der Waals surface area (Å²) in [5.41, 5.74) is 1.46. The van der Waals surface area contributed by atoms with Crippen molar-refractivity contribution in [1.29, 1.82) is 0 Å². The summed E-state index contributed by atoms with van der Waals surface area (Å²) >= 11 is 0. The molecule has 0 aromatic heterocycles. The van der Waals surface area contributed by atoms with Gasteiger partial charge >= 0.3 is 0 Å². The summed E-state index contributed by atoms with van der Waals surface area (Å²) < 4.78 is 11.0. The Kier molecular flexibility index (Phi) is 4.88. The van der Waals surface area contributed by atoms with Crippen molar-refractivity contribution in [2.45, 2.75) is 19.9 Å². The molecular formula is C19H20N2O4. The van der Waals surface area contributed by atoms with Crippen LogP contribution in [0.2, 0.25) is 0 Å². The number of amides is 2. The van der Waals surface area contributed by atoms with Crippen LogP contribution < -0.4 is 20.1 Å². The van der Waals surface area contributed by atoms with E-state index in [-0.39, 0.29) is 17.9 Å². The topological polar surface area (TPSA) is 76.7 Å². The summed E-state index contributed by atoms with van der Waals surface area (Å²) in [6, 6.07) is 11.9. The molecule has 2 aromatic carbocycles. The number of ether oxygens (including phenoxy) is 2. The van der Waals surface area contributed by atoms with E-state index in [1.165, 1.54) is 0 Å². The largest absolute Gasteiger partial charge is 0.486 e. The number of fused-ring (bicyclic) bond motifs is 1. The molecule has 2 N–H and O–H groups in total. The van der Waals surface area contributed by atoms with Crippen molar-refractivity contribution >= 4 is 17.5 Å². The number of hydrogen-bond acceptors (Lipinski definition) is 4. The molecule has 0 aliphatic carbocycles. The molecule has 0 bridgehead atoms. The molecule has 25 heavy (non-hydrogen) atoms. The van der Waals surface area contributed by atoms with Gasteiger partial charge in [0.25, 0.3) is 11.8 Å². The smallest absolute Gasteiger partial charge is 0.255 e. The predicted molar refractivity (Wildman–Crippen MR) is 94.4 cm³/mol. The first-order valence-corrected chi connectivity index (χ1v) is 8.15. The highest BCUT2D eigenvalue weighted by Crippen LogP contribution is 2.32. The molecule has 0 saturated carbocycles. The molecule has 1 heterocycles. The quantitative estimate of drug-likeness (QED) is 0.897. The predicted octanol–water partition coefficient (Wildman–Crippen LogP) is 2.85. The summed E-state index contributed by atoms with van der Waals surface area (Å²) in [6.45, 7) is 4.77. The van der Waals surface area contributed by atoms with Crippen LogP contribution in [0.3, 0.4) is 0 Å². The van der Waals surface area contributed by atoms with Gasteiger partial charge in [0, 0.05) is 28.9 Å². The van der Waals surface area contributed by atoms with Crippen LogP contribution in [0.4, 0.5) is 5.69 Å². The minimum atomic E-state index is -0.295. The molecule has 6 nitrogen and oxygen atoms in total. The monoisotopic (exact) mass is 340 g/mol. The van der Waals surface area contributed by atoms with E-state index in [1.807, 2.05) is 13.8 Å². The van der Waals surface area contributed by atoms with E-state index in [2.05, 4.69) is 10.6 Å². The summed E-state index contributed by atoms with van der Waals surface area (Å²) in [6.07, 6.45) is 0. The second kappa shape index (κ2) is 7.25. The van der Waals surface area contributed by atoms with Crippen LogP contribution in [0.25, 0.3) is 0 Å². The number of carbonyl (C=O) groups excluding carboxylic acids is 2. The molecule has 2 aromatic rings. The lowest BCUT2D eigenvalue weighted by Crippen LogP contribution is -2.30. The Bertz CT molecular complexity index is 802. The molecule has 0 spiro atoms. The Hall–Kier alpha value is -3.02. The van der Waals surface area contributed by atoms with Gasteiger partial charge in [-0.15, -0.1) is 0 Å². The number of hydrogen-bond donors (Lipinski definition) is 2. The molecule has 130 valence electrons. The average Bonchev–Trinajstić information content (AvgIpc) is 2.61. The zero-order chi connectivity index (χ0) is 17.8. The standard InChI is InChI=1S/C19H20N2O4/c1-12(2)20-18(22)13-4-3-5-14(10-13)19(23)21-15-6-7-16-17(11-15)25-9-8-24-16/h3-7,10-12H,8-9H2,1-2H3,(H,20,22)(H,21,23). The summed E-state index contributed by atoms with van der Waals surface area (Å²) in [5, 5.41) is 5.62. The highest BCUT2D eigenvalue weighted by Gasteiger charge is 2.14. The van der Waals surface area contributed by atoms with Crippen LogP contribution >= 0.6 is 0 Å². The maximum atomic E-state index is 12.5. The molecule has 0 radical (unpaired) electrons. The SMILES string of the molecule is CC(C)NC(=O)c1cccc(C(=O)Nc2ccc3c(c2)OCCO3)c1. The number of rotatable bonds is 4. The van der Waals surface area contributed by atoms with Crippen LogP contribution in [-0.2, 0) is 0 Å². The summed E-state index contributed by atoms with van der Waals surface area (Å²) in [7, 11) is 0. The van der Waals surface area contributed by atoms with Gasteiger partial charge in [-0.05, 0) is 44.2 Å². The molecule has 6 heteroatoms. The fraction of sp³-hybridized carbons (Fsp3) is 0.263. The van der Waals surface area contributed by atoms with Gasteiger partial charge in [0.05, 0.1) is 0 Å². The van der Waals surface area contributed by atoms with Gasteiger partial charge in [-0.1, -0.05) is 6.07 Å². The molecule has 0 unspecified atom stereocenters. The third-order valence-electron chi connectivity index (χ3n) is 3.61. The normalized spacial score (nSPS) is 12.6. The van der Waals surface area contributed by atoms with Crippen molar-refractivity contribution in [2.75, 3.05) is 18.5 Å². The van der Waals surface area contributed by atoms with Crippen LogP contribution in [-0.4, -0.2) is 31.1 Å². The Balaban J connectivity index is 1.74. The average molecular weight is 340 g/mol. The third kappa shape index (κ3) is 4.09. The fourth-order valence-corrected chi connectivity index (χ4v) is 2.47. The van der Waals surface area contributed by atoms with Gasteiger partial charge in [-0.25, -0.2) is 0 Å². The lowest BCUT2D eigenvalue weighted by molar-refractivity contribution is 0.0943. The number of anilines is 1. The van der Waals surface area contributed by atoms with E-state index in [0.717, 1.165) is 0 Å². The molecular weight excluding hydrogens is 320 g/mol. The minimum absolute atomic E-state index is 0.0303. The van der Waals surface area contributed by atoms with Crippen LogP contribution in [0.15, 0.2) is 42.5 Å². The van der Waals surface area contributed by atoms with Gasteiger partial charge in [0.1, 0.15) is 13.2 Å². The first-order chi connectivity index (χ1) is 12.0. The second-order valence-corrected chi connectivity index (χ2v) is 6.02. The van der Waals surface area contributed by atoms with Crippen molar-refractivity contribution in [3.63, 3.8) is 0 Å². The van der Waals surface area contributed by atoms with Crippen molar-refractivity contribution < 1.29 is 19.1 Å². The molecule has 0 saturated heterocycles. The molecule has 0 fully saturated rings. The van der Waals surface area contributed by atoms with Gasteiger partial charge in [-0.2, -0.15) is 0 Å². The molecule has 2 amide bonds. The molecule has 1 aliphatic heterocycles. The van der Waals surface area contributed by atoms with E-state index in [4.69, 9.17) is 9.47 Å². The van der Waals surface area contributed by atoms with E-state index in [9.17, 15) is 9.59 Å². The zero-order valence-electron chi connectivity index (χ0n) is 14.2. The fourth-order valence-electron chi connectivity index (χ4n) is 2.47. The number of nitrogens with one attached hydrogen (secondary N) is 2. The van der Waals surface area contributed by atoms with E-state index < -0.39 is 0 Å². The van der Waals surface area contributed by atoms with Crippen LogP contribution in [0, 0.1) is 0 Å². The van der Waals surface area contributed by atoms with Crippen molar-refractivity contribution in [1.82, 2.24) is 5.32 Å². The highest BCUT2D eigenvalue weighted by atomic mass is 16.6. The summed E-state index contributed by atoms with van der Waals surface area (Å²) in [4.78, 5) is 24.5. The van der Waals surface area contributed by atoms with Crippen LogP contribution in [0.5, 0.6) is 11.5 Å². The maximum Gasteiger partial charge on any atom is 0.255 e. The zero-order valence-corrected chi connectivity index (χ0v) is 14.2. The van der Waals surface area contributed by atoms with Crippen molar-refractivity contribution in [2.24, 2.45) is 0 Å². The Morgan fingerprint density at radius 1 is 0.920 bits per heavy atom. The van der Waals surface area contributed by atoms with E-state index in [1.54, 1.807) is 42.5 Å². The second-order valence-electron chi connectivity index (χ2n) is 6.02. The Labute approximate surface area is 146 Å². The first kappa shape index (κ1) is 16.8. The maximum absolute atomic E-state index is 12.5. The van der Waals surface area contributed by atoms with Gasteiger partial charge in [0.15, 0.2) is 11.5 Å². The van der Waals surface area contributed by atoms with E-state index in [0.29, 0.717) is 41.5 Å². The van der Waals surface area contributed by atoms with E-state index >= 15 is 0 Å². The Morgan fingerprint density at radius 3 is 2.32 bits per heavy atom.